The lowest BCUT2D eigenvalue weighted by atomic mass is 9.87. The molecule has 0 saturated carbocycles. The summed E-state index contributed by atoms with van der Waals surface area (Å²) in [6.45, 7) is 7.25. The minimum absolute atomic E-state index is 0. The smallest absolute Gasteiger partial charge is 0.248 e. The third kappa shape index (κ3) is 5.49. The first kappa shape index (κ1) is 22.2. The van der Waals surface area contributed by atoms with Crippen molar-refractivity contribution in [3.05, 3.63) is 48.3 Å². The monoisotopic (exact) mass is 406 g/mol. The van der Waals surface area contributed by atoms with E-state index >= 15 is 0 Å². The standard InChI is InChI=1S/C21H30N4O2.ClH/c1-17(2)16-27-19-6-4-18(5-7-19)8-12-23-20(26)21(9-13-22-14-10-21)25-15-3-11-24-25;/h3-7,11,15,17,22H,8-10,12-14,16H2,1-2H3,(H,23,26);1H. The molecule has 2 aromatic rings. The first-order valence-corrected chi connectivity index (χ1v) is 9.81. The summed E-state index contributed by atoms with van der Waals surface area (Å²) in [5.74, 6) is 1.46. The summed E-state index contributed by atoms with van der Waals surface area (Å²) < 4.78 is 7.54. The quantitative estimate of drug-likeness (QED) is 0.707. The molecule has 1 saturated heterocycles. The van der Waals surface area contributed by atoms with Crippen LogP contribution >= 0.6 is 12.4 Å². The fourth-order valence-electron chi connectivity index (χ4n) is 3.42. The maximum Gasteiger partial charge on any atom is 0.248 e. The number of aromatic nitrogens is 2. The largest absolute Gasteiger partial charge is 0.493 e. The van der Waals surface area contributed by atoms with E-state index in [1.165, 1.54) is 5.56 Å². The van der Waals surface area contributed by atoms with Crippen LogP contribution in [0.25, 0.3) is 0 Å². The Morgan fingerprint density at radius 1 is 1.29 bits per heavy atom. The zero-order chi connectivity index (χ0) is 19.1. The number of halogens is 1. The molecule has 6 nitrogen and oxygen atoms in total. The van der Waals surface area contributed by atoms with Gasteiger partial charge in [0.2, 0.25) is 5.91 Å². The maximum absolute atomic E-state index is 13.0. The second-order valence-electron chi connectivity index (χ2n) is 7.59. The number of carbonyl (C=O) groups is 1. The van der Waals surface area contributed by atoms with Crippen LogP contribution in [0.4, 0.5) is 0 Å². The van der Waals surface area contributed by atoms with Gasteiger partial charge in [0.15, 0.2) is 0 Å². The van der Waals surface area contributed by atoms with E-state index in [1.54, 1.807) is 6.20 Å². The van der Waals surface area contributed by atoms with Gasteiger partial charge < -0.3 is 15.4 Å². The van der Waals surface area contributed by atoms with E-state index in [4.69, 9.17) is 4.74 Å². The Morgan fingerprint density at radius 2 is 2.00 bits per heavy atom. The van der Waals surface area contributed by atoms with Crippen LogP contribution in [-0.2, 0) is 16.8 Å². The van der Waals surface area contributed by atoms with Gasteiger partial charge in [-0.2, -0.15) is 5.10 Å². The molecule has 1 amide bonds. The molecule has 0 bridgehead atoms. The molecule has 1 aromatic heterocycles. The number of rotatable bonds is 8. The van der Waals surface area contributed by atoms with Gasteiger partial charge in [-0.1, -0.05) is 26.0 Å². The number of ether oxygens (including phenoxy) is 1. The summed E-state index contributed by atoms with van der Waals surface area (Å²) in [6, 6.07) is 10.0. The highest BCUT2D eigenvalue weighted by Crippen LogP contribution is 2.27. The molecule has 2 N–H and O–H groups in total. The summed E-state index contributed by atoms with van der Waals surface area (Å²) in [5.41, 5.74) is 0.606. The van der Waals surface area contributed by atoms with E-state index in [-0.39, 0.29) is 18.3 Å². The van der Waals surface area contributed by atoms with E-state index in [0.29, 0.717) is 12.5 Å². The molecule has 3 rings (SSSR count). The molecular weight excluding hydrogens is 376 g/mol. The second-order valence-corrected chi connectivity index (χ2v) is 7.59. The Morgan fingerprint density at radius 3 is 2.61 bits per heavy atom. The lowest BCUT2D eigenvalue weighted by molar-refractivity contribution is -0.131. The van der Waals surface area contributed by atoms with E-state index < -0.39 is 5.54 Å². The zero-order valence-corrected chi connectivity index (χ0v) is 17.5. The number of amides is 1. The third-order valence-electron chi connectivity index (χ3n) is 5.00. The fraction of sp³-hybridized carbons (Fsp3) is 0.524. The average Bonchev–Trinajstić information content (AvgIpc) is 3.23. The van der Waals surface area contributed by atoms with Gasteiger partial charge in [-0.25, -0.2) is 0 Å². The van der Waals surface area contributed by atoms with Gasteiger partial charge in [0.25, 0.3) is 0 Å². The minimum Gasteiger partial charge on any atom is -0.493 e. The van der Waals surface area contributed by atoms with Crippen LogP contribution < -0.4 is 15.4 Å². The predicted molar refractivity (Wildman–Crippen MR) is 113 cm³/mol. The van der Waals surface area contributed by atoms with Gasteiger partial charge in [0.05, 0.1) is 6.61 Å². The Labute approximate surface area is 173 Å². The van der Waals surface area contributed by atoms with Crippen LogP contribution in [-0.4, -0.2) is 41.9 Å². The normalized spacial score (nSPS) is 15.7. The van der Waals surface area contributed by atoms with Crippen LogP contribution in [0.5, 0.6) is 5.75 Å². The van der Waals surface area contributed by atoms with Crippen LogP contribution in [0, 0.1) is 5.92 Å². The van der Waals surface area contributed by atoms with Gasteiger partial charge in [-0.05, 0) is 62.0 Å². The molecule has 2 heterocycles. The highest BCUT2D eigenvalue weighted by atomic mass is 35.5. The molecule has 1 aromatic carbocycles. The first-order chi connectivity index (χ1) is 13.1. The molecule has 0 unspecified atom stereocenters. The molecule has 154 valence electrons. The van der Waals surface area contributed by atoms with Gasteiger partial charge in [-0.3, -0.25) is 9.48 Å². The van der Waals surface area contributed by atoms with Gasteiger partial charge in [0, 0.05) is 18.9 Å². The van der Waals surface area contributed by atoms with E-state index in [1.807, 2.05) is 29.1 Å². The van der Waals surface area contributed by atoms with Crippen molar-refractivity contribution in [2.24, 2.45) is 5.92 Å². The maximum atomic E-state index is 13.0. The summed E-state index contributed by atoms with van der Waals surface area (Å²) in [5, 5.41) is 10.8. The molecule has 28 heavy (non-hydrogen) atoms. The van der Waals surface area contributed by atoms with Crippen molar-refractivity contribution in [1.82, 2.24) is 20.4 Å². The number of benzene rings is 1. The molecule has 1 aliphatic heterocycles. The van der Waals surface area contributed by atoms with Gasteiger partial charge >= 0.3 is 0 Å². The number of hydrogen-bond donors (Lipinski definition) is 2. The van der Waals surface area contributed by atoms with Crippen LogP contribution in [0.3, 0.4) is 0 Å². The minimum atomic E-state index is -0.580. The fourth-order valence-corrected chi connectivity index (χ4v) is 3.42. The molecule has 0 atom stereocenters. The molecule has 7 heteroatoms. The Bertz CT molecular complexity index is 711. The molecule has 1 fully saturated rings. The van der Waals surface area contributed by atoms with Gasteiger partial charge in [-0.15, -0.1) is 12.4 Å². The highest BCUT2D eigenvalue weighted by Gasteiger charge is 2.41. The SMILES string of the molecule is CC(C)COc1ccc(CCNC(=O)C2(n3cccn3)CCNCC2)cc1.Cl. The van der Waals surface area contributed by atoms with Crippen molar-refractivity contribution in [2.45, 2.75) is 38.6 Å². The number of nitrogens with zero attached hydrogens (tertiary/aromatic N) is 2. The first-order valence-electron chi connectivity index (χ1n) is 9.81. The second kappa shape index (κ2) is 10.5. The third-order valence-corrected chi connectivity index (χ3v) is 5.00. The van der Waals surface area contributed by atoms with Crippen molar-refractivity contribution < 1.29 is 9.53 Å². The topological polar surface area (TPSA) is 68.2 Å². The van der Waals surface area contributed by atoms with Crippen molar-refractivity contribution >= 4 is 18.3 Å². The zero-order valence-electron chi connectivity index (χ0n) is 16.7. The number of nitrogens with one attached hydrogen (secondary N) is 2. The highest BCUT2D eigenvalue weighted by molar-refractivity contribution is 5.85. The Balaban J connectivity index is 0.00000280. The summed E-state index contributed by atoms with van der Waals surface area (Å²) >= 11 is 0. The van der Waals surface area contributed by atoms with Crippen molar-refractivity contribution in [3.63, 3.8) is 0 Å². The van der Waals surface area contributed by atoms with E-state index in [9.17, 15) is 4.79 Å². The molecule has 0 aliphatic carbocycles. The number of carbonyl (C=O) groups excluding carboxylic acids is 1. The summed E-state index contributed by atoms with van der Waals surface area (Å²) in [4.78, 5) is 13.0. The Kier molecular flexibility index (Phi) is 8.33. The van der Waals surface area contributed by atoms with Crippen molar-refractivity contribution in [2.75, 3.05) is 26.2 Å². The van der Waals surface area contributed by atoms with Crippen LogP contribution in [0.1, 0.15) is 32.3 Å². The van der Waals surface area contributed by atoms with Crippen molar-refractivity contribution in [3.8, 4) is 5.75 Å². The van der Waals surface area contributed by atoms with E-state index in [2.05, 4.69) is 41.7 Å². The lowest BCUT2D eigenvalue weighted by Crippen LogP contribution is -2.54. The molecule has 0 spiro atoms. The van der Waals surface area contributed by atoms with Crippen molar-refractivity contribution in [1.29, 1.82) is 0 Å². The summed E-state index contributed by atoms with van der Waals surface area (Å²) in [6.07, 6.45) is 5.93. The van der Waals surface area contributed by atoms with E-state index in [0.717, 1.165) is 44.7 Å². The lowest BCUT2D eigenvalue weighted by Gasteiger charge is -2.36. The molecular formula is C21H31ClN4O2. The molecule has 1 aliphatic rings. The van der Waals surface area contributed by atoms with Gasteiger partial charge in [0.1, 0.15) is 11.3 Å². The Hall–Kier alpha value is -2.05. The number of hydrogen-bond acceptors (Lipinski definition) is 4. The number of piperidine rings is 1. The summed E-state index contributed by atoms with van der Waals surface area (Å²) in [7, 11) is 0. The predicted octanol–water partition coefficient (Wildman–Crippen LogP) is 2.78. The van der Waals surface area contributed by atoms with Crippen LogP contribution in [0.2, 0.25) is 0 Å². The average molecular weight is 407 g/mol. The van der Waals surface area contributed by atoms with Crippen LogP contribution in [0.15, 0.2) is 42.7 Å². The molecule has 0 radical (unpaired) electrons.